The Morgan fingerprint density at radius 3 is 3.00 bits per heavy atom. The second-order valence-corrected chi connectivity index (χ2v) is 4.82. The third kappa shape index (κ3) is 3.47. The maximum Gasteiger partial charge on any atom is 0.292 e. The highest BCUT2D eigenvalue weighted by molar-refractivity contribution is 5.94. The summed E-state index contributed by atoms with van der Waals surface area (Å²) in [5, 5.41) is 14.2. The molecule has 1 unspecified atom stereocenters. The molecule has 1 amide bonds. The molecule has 21 heavy (non-hydrogen) atoms. The maximum atomic E-state index is 11.3. The second kappa shape index (κ2) is 6.51. The van der Waals surface area contributed by atoms with Gasteiger partial charge in [0.2, 0.25) is 5.91 Å². The molecule has 1 atom stereocenters. The molecule has 8 heteroatoms. The van der Waals surface area contributed by atoms with Gasteiger partial charge < -0.3 is 20.7 Å². The fraction of sp³-hybridized carbons (Fsp3) is 0.462. The number of hydrogen-bond acceptors (Lipinski definition) is 6. The number of morpholine rings is 1. The van der Waals surface area contributed by atoms with E-state index in [1.54, 1.807) is 0 Å². The molecular formula is C13H18N4O4. The van der Waals surface area contributed by atoms with Gasteiger partial charge in [-0.2, -0.15) is 0 Å². The highest BCUT2D eigenvalue weighted by Gasteiger charge is 2.26. The summed E-state index contributed by atoms with van der Waals surface area (Å²) in [4.78, 5) is 23.9. The molecule has 8 nitrogen and oxygen atoms in total. The first-order valence-corrected chi connectivity index (χ1v) is 6.62. The Morgan fingerprint density at radius 2 is 2.38 bits per heavy atom. The van der Waals surface area contributed by atoms with Gasteiger partial charge in [-0.25, -0.2) is 0 Å². The van der Waals surface area contributed by atoms with Crippen molar-refractivity contribution in [3.05, 3.63) is 33.9 Å². The molecule has 0 saturated carbocycles. The minimum absolute atomic E-state index is 0.0369. The Labute approximate surface area is 122 Å². The van der Waals surface area contributed by atoms with E-state index in [-0.39, 0.29) is 17.4 Å². The molecule has 2 rings (SSSR count). The van der Waals surface area contributed by atoms with Crippen molar-refractivity contribution < 1.29 is 14.5 Å². The zero-order valence-corrected chi connectivity index (χ0v) is 11.7. The number of hydrogen-bond donors (Lipinski definition) is 2. The molecule has 1 fully saturated rings. The second-order valence-electron chi connectivity index (χ2n) is 4.82. The lowest BCUT2D eigenvalue weighted by atomic mass is 10.1. The van der Waals surface area contributed by atoms with Gasteiger partial charge in [-0.1, -0.05) is 0 Å². The minimum atomic E-state index is -0.605. The van der Waals surface area contributed by atoms with E-state index >= 15 is 0 Å². The summed E-state index contributed by atoms with van der Waals surface area (Å²) in [6, 6.07) is 4.16. The number of anilines is 1. The molecule has 0 radical (unpaired) electrons. The van der Waals surface area contributed by atoms with E-state index < -0.39 is 10.8 Å². The van der Waals surface area contributed by atoms with E-state index in [1.807, 2.05) is 11.9 Å². The first-order chi connectivity index (χ1) is 10.0. The average Bonchev–Trinajstić information content (AvgIpc) is 2.47. The van der Waals surface area contributed by atoms with Crippen LogP contribution in [0.4, 0.5) is 11.4 Å². The predicted octanol–water partition coefficient (Wildman–Crippen LogP) is 0.118. The number of nitro benzene ring substituents is 1. The van der Waals surface area contributed by atoms with E-state index in [1.165, 1.54) is 18.2 Å². The van der Waals surface area contributed by atoms with Gasteiger partial charge in [-0.15, -0.1) is 0 Å². The third-order valence-electron chi connectivity index (χ3n) is 3.37. The van der Waals surface area contributed by atoms with Gasteiger partial charge in [-0.3, -0.25) is 14.9 Å². The van der Waals surface area contributed by atoms with Crippen LogP contribution in [-0.4, -0.2) is 50.2 Å². The number of carbonyl (C=O) groups excluding carboxylic acids is 1. The topological polar surface area (TPSA) is 111 Å². The third-order valence-corrected chi connectivity index (χ3v) is 3.37. The fourth-order valence-corrected chi connectivity index (χ4v) is 2.37. The van der Waals surface area contributed by atoms with Crippen LogP contribution >= 0.6 is 0 Å². The van der Waals surface area contributed by atoms with Crippen molar-refractivity contribution in [3.63, 3.8) is 0 Å². The van der Waals surface area contributed by atoms with Crippen molar-refractivity contribution in [1.82, 2.24) is 5.32 Å². The molecule has 1 saturated heterocycles. The Bertz CT molecular complexity index is 547. The van der Waals surface area contributed by atoms with Crippen molar-refractivity contribution in [1.29, 1.82) is 0 Å². The molecule has 1 aromatic rings. The van der Waals surface area contributed by atoms with Crippen LogP contribution in [0.2, 0.25) is 0 Å². The SMILES string of the molecule is CNCC1CN(c2cc(C(N)=O)ccc2[N+](=O)[O-])CCO1. The van der Waals surface area contributed by atoms with E-state index in [9.17, 15) is 14.9 Å². The Morgan fingerprint density at radius 1 is 1.62 bits per heavy atom. The summed E-state index contributed by atoms with van der Waals surface area (Å²) >= 11 is 0. The summed E-state index contributed by atoms with van der Waals surface area (Å²) in [5.41, 5.74) is 5.87. The van der Waals surface area contributed by atoms with Crippen molar-refractivity contribution in [2.24, 2.45) is 5.73 Å². The van der Waals surface area contributed by atoms with Gasteiger partial charge in [0.05, 0.1) is 17.6 Å². The zero-order chi connectivity index (χ0) is 15.4. The fourth-order valence-electron chi connectivity index (χ4n) is 2.37. The monoisotopic (exact) mass is 294 g/mol. The summed E-state index contributed by atoms with van der Waals surface area (Å²) < 4.78 is 5.58. The minimum Gasteiger partial charge on any atom is -0.373 e. The first-order valence-electron chi connectivity index (χ1n) is 6.62. The van der Waals surface area contributed by atoms with Crippen molar-refractivity contribution in [2.45, 2.75) is 6.10 Å². The van der Waals surface area contributed by atoms with Crippen molar-refractivity contribution in [3.8, 4) is 0 Å². The van der Waals surface area contributed by atoms with E-state index in [0.717, 1.165) is 0 Å². The average molecular weight is 294 g/mol. The number of nitro groups is 1. The van der Waals surface area contributed by atoms with Crippen molar-refractivity contribution in [2.75, 3.05) is 38.2 Å². The lowest BCUT2D eigenvalue weighted by molar-refractivity contribution is -0.384. The van der Waals surface area contributed by atoms with Gasteiger partial charge in [0.25, 0.3) is 5.69 Å². The lowest BCUT2D eigenvalue weighted by Gasteiger charge is -2.34. The molecule has 1 aliphatic rings. The van der Waals surface area contributed by atoms with E-state index in [2.05, 4.69) is 5.32 Å². The van der Waals surface area contributed by atoms with Crippen LogP contribution in [0, 0.1) is 10.1 Å². The summed E-state index contributed by atoms with van der Waals surface area (Å²) in [6.45, 7) is 2.18. The highest BCUT2D eigenvalue weighted by atomic mass is 16.6. The van der Waals surface area contributed by atoms with Crippen LogP contribution in [0.3, 0.4) is 0 Å². The molecule has 1 aliphatic heterocycles. The van der Waals surface area contributed by atoms with E-state index in [4.69, 9.17) is 10.5 Å². The normalized spacial score (nSPS) is 18.5. The zero-order valence-electron chi connectivity index (χ0n) is 11.7. The summed E-state index contributed by atoms with van der Waals surface area (Å²) in [6.07, 6.45) is -0.0550. The molecule has 0 bridgehead atoms. The van der Waals surface area contributed by atoms with Gasteiger partial charge in [0.1, 0.15) is 5.69 Å². The van der Waals surface area contributed by atoms with Gasteiger partial charge >= 0.3 is 0 Å². The molecule has 1 heterocycles. The summed E-state index contributed by atoms with van der Waals surface area (Å²) in [7, 11) is 1.82. The standard InChI is InChI=1S/C13H18N4O4/c1-15-7-10-8-16(4-5-21-10)12-6-9(13(14)18)2-3-11(12)17(19)20/h2-3,6,10,15H,4-5,7-8H2,1H3,(H2,14,18). The van der Waals surface area contributed by atoms with Crippen molar-refractivity contribution >= 4 is 17.3 Å². The van der Waals surface area contributed by atoms with Gasteiger partial charge in [0, 0.05) is 31.3 Å². The number of nitrogens with zero attached hydrogens (tertiary/aromatic N) is 2. The van der Waals surface area contributed by atoms with Gasteiger partial charge in [0.15, 0.2) is 0 Å². The van der Waals surface area contributed by atoms with Crippen LogP contribution < -0.4 is 16.0 Å². The van der Waals surface area contributed by atoms with Crippen LogP contribution in [0.1, 0.15) is 10.4 Å². The predicted molar refractivity (Wildman–Crippen MR) is 77.5 cm³/mol. The summed E-state index contributed by atoms with van der Waals surface area (Å²) in [5.74, 6) is -0.605. The van der Waals surface area contributed by atoms with E-state index in [0.29, 0.717) is 31.9 Å². The maximum absolute atomic E-state index is 11.3. The van der Waals surface area contributed by atoms with Crippen LogP contribution in [0.5, 0.6) is 0 Å². The quantitative estimate of drug-likeness (QED) is 0.589. The number of likely N-dealkylation sites (N-methyl/N-ethyl adjacent to an activating group) is 1. The number of rotatable bonds is 5. The Kier molecular flexibility index (Phi) is 4.71. The van der Waals surface area contributed by atoms with Crippen LogP contribution in [0.25, 0.3) is 0 Å². The molecule has 3 N–H and O–H groups in total. The number of carbonyl (C=O) groups is 1. The molecule has 1 aromatic carbocycles. The smallest absolute Gasteiger partial charge is 0.292 e. The molecule has 0 aromatic heterocycles. The number of nitrogens with two attached hydrogens (primary N) is 1. The largest absolute Gasteiger partial charge is 0.373 e. The molecule has 114 valence electrons. The van der Waals surface area contributed by atoms with Gasteiger partial charge in [-0.05, 0) is 19.2 Å². The lowest BCUT2D eigenvalue weighted by Crippen LogP contribution is -2.46. The number of amides is 1. The Hall–Kier alpha value is -2.19. The highest BCUT2D eigenvalue weighted by Crippen LogP contribution is 2.30. The number of ether oxygens (including phenoxy) is 1. The Balaban J connectivity index is 2.33. The number of primary amides is 1. The molecule has 0 spiro atoms. The first kappa shape index (κ1) is 15.2. The number of nitrogens with one attached hydrogen (secondary N) is 1. The van der Waals surface area contributed by atoms with Crippen LogP contribution in [0.15, 0.2) is 18.2 Å². The molecule has 0 aliphatic carbocycles. The van der Waals surface area contributed by atoms with Crippen LogP contribution in [-0.2, 0) is 4.74 Å². The number of benzene rings is 1. The molecular weight excluding hydrogens is 276 g/mol.